The molecule has 94 valence electrons. The van der Waals surface area contributed by atoms with Gasteiger partial charge in [0.25, 0.3) is 0 Å². The third-order valence-electron chi connectivity index (χ3n) is 2.94. The molecule has 0 aromatic heterocycles. The van der Waals surface area contributed by atoms with E-state index >= 15 is 0 Å². The van der Waals surface area contributed by atoms with Crippen LogP contribution in [-0.4, -0.2) is 10.2 Å². The second kappa shape index (κ2) is 5.76. The minimum Gasteiger partial charge on any atom is -0.392 e. The molecule has 18 heavy (non-hydrogen) atoms. The number of aliphatic hydroxyl groups is 2. The first-order valence-electron chi connectivity index (χ1n) is 5.82. The normalized spacial score (nSPS) is 12.4. The third kappa shape index (κ3) is 2.94. The van der Waals surface area contributed by atoms with Gasteiger partial charge in [-0.2, -0.15) is 0 Å². The van der Waals surface area contributed by atoms with Crippen molar-refractivity contribution in [2.75, 3.05) is 0 Å². The Kier molecular flexibility index (Phi) is 4.07. The van der Waals surface area contributed by atoms with E-state index in [4.69, 9.17) is 0 Å². The predicted molar refractivity (Wildman–Crippen MR) is 67.4 cm³/mol. The third-order valence-corrected chi connectivity index (χ3v) is 2.94. The van der Waals surface area contributed by atoms with Crippen LogP contribution in [-0.2, 0) is 13.0 Å². The summed E-state index contributed by atoms with van der Waals surface area (Å²) in [5.41, 5.74) is 2.20. The molecular formula is C15H15FO2. The summed E-state index contributed by atoms with van der Waals surface area (Å²) in [5.74, 6) is -0.359. The van der Waals surface area contributed by atoms with E-state index in [-0.39, 0.29) is 12.4 Å². The first kappa shape index (κ1) is 12.7. The van der Waals surface area contributed by atoms with E-state index < -0.39 is 6.10 Å². The monoisotopic (exact) mass is 246 g/mol. The lowest BCUT2D eigenvalue weighted by molar-refractivity contribution is 0.177. The molecule has 1 unspecified atom stereocenters. The molecule has 2 aromatic carbocycles. The zero-order chi connectivity index (χ0) is 13.0. The smallest absolute Gasteiger partial charge is 0.123 e. The van der Waals surface area contributed by atoms with Crippen molar-refractivity contribution in [2.24, 2.45) is 0 Å². The van der Waals surface area contributed by atoms with Gasteiger partial charge in [-0.15, -0.1) is 0 Å². The van der Waals surface area contributed by atoms with Crippen LogP contribution in [0.3, 0.4) is 0 Å². The van der Waals surface area contributed by atoms with Crippen LogP contribution in [0.25, 0.3) is 0 Å². The highest BCUT2D eigenvalue weighted by Crippen LogP contribution is 2.21. The van der Waals surface area contributed by atoms with Crippen LogP contribution in [0.4, 0.5) is 4.39 Å². The summed E-state index contributed by atoms with van der Waals surface area (Å²) in [5, 5.41) is 19.3. The summed E-state index contributed by atoms with van der Waals surface area (Å²) >= 11 is 0. The molecule has 0 aliphatic carbocycles. The summed E-state index contributed by atoms with van der Waals surface area (Å²) < 4.78 is 13.1. The average molecular weight is 246 g/mol. The lowest BCUT2D eigenvalue weighted by Gasteiger charge is -2.13. The van der Waals surface area contributed by atoms with Crippen LogP contribution in [0.1, 0.15) is 22.8 Å². The summed E-state index contributed by atoms with van der Waals surface area (Å²) in [6.07, 6.45) is -0.409. The molecule has 0 heterocycles. The van der Waals surface area contributed by atoms with Crippen molar-refractivity contribution in [3.05, 3.63) is 71.0 Å². The molecule has 1 atom stereocenters. The molecule has 2 nitrogen and oxygen atoms in total. The van der Waals surface area contributed by atoms with Crippen LogP contribution in [0.15, 0.2) is 48.5 Å². The fraction of sp³-hybridized carbons (Fsp3) is 0.200. The molecule has 0 amide bonds. The maximum Gasteiger partial charge on any atom is 0.123 e. The molecule has 2 aromatic rings. The summed E-state index contributed by atoms with van der Waals surface area (Å²) in [6.45, 7) is -0.0634. The quantitative estimate of drug-likeness (QED) is 0.870. The van der Waals surface area contributed by atoms with E-state index in [1.165, 1.54) is 12.1 Å². The van der Waals surface area contributed by atoms with E-state index in [0.29, 0.717) is 12.0 Å². The fourth-order valence-electron chi connectivity index (χ4n) is 1.95. The van der Waals surface area contributed by atoms with Crippen molar-refractivity contribution in [3.8, 4) is 0 Å². The predicted octanol–water partition coefficient (Wildman–Crippen LogP) is 2.59. The van der Waals surface area contributed by atoms with Gasteiger partial charge in [0, 0.05) is 6.42 Å². The number of aliphatic hydroxyl groups excluding tert-OH is 2. The summed E-state index contributed by atoms with van der Waals surface area (Å²) in [4.78, 5) is 0. The Morgan fingerprint density at radius 3 is 2.39 bits per heavy atom. The second-order valence-electron chi connectivity index (χ2n) is 4.20. The highest BCUT2D eigenvalue weighted by atomic mass is 19.1. The van der Waals surface area contributed by atoms with Gasteiger partial charge in [0.1, 0.15) is 5.82 Å². The van der Waals surface area contributed by atoms with Gasteiger partial charge in [0.05, 0.1) is 12.7 Å². The average Bonchev–Trinajstić information content (AvgIpc) is 2.39. The van der Waals surface area contributed by atoms with E-state index in [2.05, 4.69) is 0 Å². The number of rotatable bonds is 4. The van der Waals surface area contributed by atoms with Gasteiger partial charge < -0.3 is 10.2 Å². The Morgan fingerprint density at radius 1 is 1.00 bits per heavy atom. The second-order valence-corrected chi connectivity index (χ2v) is 4.20. The highest BCUT2D eigenvalue weighted by Gasteiger charge is 2.11. The molecule has 0 radical (unpaired) electrons. The maximum atomic E-state index is 13.1. The molecule has 0 spiro atoms. The van der Waals surface area contributed by atoms with Gasteiger partial charge in [-0.1, -0.05) is 36.4 Å². The molecule has 0 saturated heterocycles. The van der Waals surface area contributed by atoms with E-state index in [0.717, 1.165) is 11.1 Å². The number of benzene rings is 2. The lowest BCUT2D eigenvalue weighted by Crippen LogP contribution is -2.04. The largest absolute Gasteiger partial charge is 0.392 e. The zero-order valence-electron chi connectivity index (χ0n) is 9.88. The van der Waals surface area contributed by atoms with Gasteiger partial charge in [0.15, 0.2) is 0 Å². The number of hydrogen-bond donors (Lipinski definition) is 2. The van der Waals surface area contributed by atoms with E-state index in [9.17, 15) is 14.6 Å². The molecule has 2 N–H and O–H groups in total. The van der Waals surface area contributed by atoms with Gasteiger partial charge in [0.2, 0.25) is 0 Å². The first-order valence-corrected chi connectivity index (χ1v) is 5.82. The summed E-state index contributed by atoms with van der Waals surface area (Å²) in [6, 6.07) is 13.3. The number of hydrogen-bond acceptors (Lipinski definition) is 2. The first-order chi connectivity index (χ1) is 8.70. The van der Waals surface area contributed by atoms with Crippen molar-refractivity contribution in [2.45, 2.75) is 19.1 Å². The Hall–Kier alpha value is -1.71. The molecule has 2 rings (SSSR count). The minimum absolute atomic E-state index is 0.0634. The van der Waals surface area contributed by atoms with Crippen LogP contribution < -0.4 is 0 Å². The lowest BCUT2D eigenvalue weighted by atomic mass is 9.98. The molecule has 0 fully saturated rings. The highest BCUT2D eigenvalue weighted by molar-refractivity contribution is 5.29. The van der Waals surface area contributed by atoms with Crippen molar-refractivity contribution in [3.63, 3.8) is 0 Å². The standard InChI is InChI=1S/C15H15FO2/c16-14-7-3-6-12(8-14)15(18)9-11-4-1-2-5-13(11)10-17/h1-8,15,17-18H,9-10H2. The summed E-state index contributed by atoms with van der Waals surface area (Å²) in [7, 11) is 0. The maximum absolute atomic E-state index is 13.1. The van der Waals surface area contributed by atoms with Crippen LogP contribution in [0, 0.1) is 5.82 Å². The zero-order valence-corrected chi connectivity index (χ0v) is 9.88. The molecule has 0 aliphatic heterocycles. The number of halogens is 1. The Morgan fingerprint density at radius 2 is 1.72 bits per heavy atom. The topological polar surface area (TPSA) is 40.5 Å². The Labute approximate surface area is 105 Å². The molecule has 0 saturated carbocycles. The van der Waals surface area contributed by atoms with Gasteiger partial charge in [-0.05, 0) is 28.8 Å². The van der Waals surface area contributed by atoms with Gasteiger partial charge in [-0.3, -0.25) is 0 Å². The van der Waals surface area contributed by atoms with Crippen LogP contribution >= 0.6 is 0 Å². The van der Waals surface area contributed by atoms with Crippen molar-refractivity contribution in [1.29, 1.82) is 0 Å². The fourth-order valence-corrected chi connectivity index (χ4v) is 1.95. The molecule has 0 bridgehead atoms. The Bertz CT molecular complexity index is 525. The van der Waals surface area contributed by atoms with E-state index in [1.54, 1.807) is 12.1 Å². The van der Waals surface area contributed by atoms with Crippen LogP contribution in [0.2, 0.25) is 0 Å². The van der Waals surface area contributed by atoms with Crippen molar-refractivity contribution >= 4 is 0 Å². The van der Waals surface area contributed by atoms with Crippen molar-refractivity contribution < 1.29 is 14.6 Å². The van der Waals surface area contributed by atoms with Gasteiger partial charge >= 0.3 is 0 Å². The Balaban J connectivity index is 2.18. The molecular weight excluding hydrogens is 231 g/mol. The van der Waals surface area contributed by atoms with Gasteiger partial charge in [-0.25, -0.2) is 4.39 Å². The molecule has 0 aliphatic rings. The van der Waals surface area contributed by atoms with Crippen LogP contribution in [0.5, 0.6) is 0 Å². The SMILES string of the molecule is OCc1ccccc1CC(O)c1cccc(F)c1. The van der Waals surface area contributed by atoms with Crippen molar-refractivity contribution in [1.82, 2.24) is 0 Å². The minimum atomic E-state index is -0.770. The van der Waals surface area contributed by atoms with E-state index in [1.807, 2.05) is 24.3 Å². The molecule has 3 heteroatoms.